The van der Waals surface area contributed by atoms with E-state index in [-0.39, 0.29) is 24.4 Å². The molecule has 0 aliphatic heterocycles. The molecule has 0 saturated carbocycles. The van der Waals surface area contributed by atoms with Gasteiger partial charge in [-0.3, -0.25) is 0 Å². The van der Waals surface area contributed by atoms with Gasteiger partial charge in [0.2, 0.25) is 5.88 Å². The number of benzene rings is 1. The van der Waals surface area contributed by atoms with Gasteiger partial charge in [-0.2, -0.15) is 0 Å². The number of aromatic carboxylic acids is 1. The zero-order chi connectivity index (χ0) is 16.8. The molecule has 1 aromatic carbocycles. The fraction of sp³-hybridized carbons (Fsp3) is 0.294. The summed E-state index contributed by atoms with van der Waals surface area (Å²) in [5.41, 5.74) is 1.09. The minimum absolute atomic E-state index is 0. The Balaban J connectivity index is 0.00000288. The summed E-state index contributed by atoms with van der Waals surface area (Å²) in [5, 5.41) is 9.24. The van der Waals surface area contributed by atoms with Crippen molar-refractivity contribution in [2.24, 2.45) is 5.92 Å². The maximum absolute atomic E-state index is 10.8. The van der Waals surface area contributed by atoms with Crippen molar-refractivity contribution in [3.05, 3.63) is 52.7 Å². The first-order chi connectivity index (χ1) is 11.0. The van der Waals surface area contributed by atoms with Gasteiger partial charge in [0.05, 0.1) is 18.4 Å². The van der Waals surface area contributed by atoms with Crippen LogP contribution in [0.25, 0.3) is 0 Å². The molecule has 2 rings (SSSR count). The van der Waals surface area contributed by atoms with Crippen molar-refractivity contribution < 1.29 is 19.4 Å². The Morgan fingerprint density at radius 2 is 1.92 bits per heavy atom. The molecule has 0 spiro atoms. The maximum atomic E-state index is 10.8. The van der Waals surface area contributed by atoms with E-state index < -0.39 is 5.97 Å². The number of pyridine rings is 1. The molecular formula is C17H19ClLiNO4. The van der Waals surface area contributed by atoms with Gasteiger partial charge in [-0.05, 0) is 23.6 Å². The predicted molar refractivity (Wildman–Crippen MR) is 94.5 cm³/mol. The molecule has 7 heteroatoms. The van der Waals surface area contributed by atoms with Crippen molar-refractivity contribution in [2.75, 3.05) is 6.61 Å². The average molecular weight is 344 g/mol. The molecule has 0 saturated heterocycles. The monoisotopic (exact) mass is 343 g/mol. The van der Waals surface area contributed by atoms with Crippen LogP contribution in [-0.2, 0) is 6.61 Å². The summed E-state index contributed by atoms with van der Waals surface area (Å²) in [6.07, 6.45) is 1.55. The van der Waals surface area contributed by atoms with Crippen molar-refractivity contribution in [2.45, 2.75) is 20.5 Å². The van der Waals surface area contributed by atoms with Crippen molar-refractivity contribution in [3.63, 3.8) is 0 Å². The van der Waals surface area contributed by atoms with E-state index >= 15 is 0 Å². The topological polar surface area (TPSA) is 68.7 Å². The number of carboxylic acids is 1. The Morgan fingerprint density at radius 3 is 2.46 bits per heavy atom. The summed E-state index contributed by atoms with van der Waals surface area (Å²) in [6, 6.07) is 8.14. The van der Waals surface area contributed by atoms with E-state index in [1.807, 2.05) is 13.8 Å². The van der Waals surface area contributed by atoms with Crippen LogP contribution in [0, 0.1) is 5.92 Å². The number of ether oxygens (including phenoxy) is 2. The summed E-state index contributed by atoms with van der Waals surface area (Å²) in [4.78, 5) is 14.9. The van der Waals surface area contributed by atoms with Gasteiger partial charge < -0.3 is 14.6 Å². The van der Waals surface area contributed by atoms with E-state index in [0.717, 1.165) is 5.56 Å². The van der Waals surface area contributed by atoms with Crippen LogP contribution in [0.15, 0.2) is 36.5 Å². The number of carboxylic acid groups (broad SMARTS) is 1. The number of aromatic nitrogens is 1. The number of hydrogen-bond acceptors (Lipinski definition) is 4. The van der Waals surface area contributed by atoms with Crippen molar-refractivity contribution in [3.8, 4) is 11.6 Å². The summed E-state index contributed by atoms with van der Waals surface area (Å²) in [7, 11) is 0. The average Bonchev–Trinajstić information content (AvgIpc) is 2.52. The van der Waals surface area contributed by atoms with E-state index in [9.17, 15) is 4.79 Å². The van der Waals surface area contributed by atoms with Gasteiger partial charge in [0.1, 0.15) is 17.4 Å². The van der Waals surface area contributed by atoms with Crippen LogP contribution in [0.5, 0.6) is 11.6 Å². The zero-order valence-corrected chi connectivity index (χ0v) is 13.7. The molecule has 1 N–H and O–H groups in total. The fourth-order valence-electron chi connectivity index (χ4n) is 1.75. The van der Waals surface area contributed by atoms with Crippen LogP contribution in [0.3, 0.4) is 0 Å². The second kappa shape index (κ2) is 9.58. The normalized spacial score (nSPS) is 10.2. The number of carbonyl (C=O) groups is 1. The molecule has 0 fully saturated rings. The van der Waals surface area contributed by atoms with Gasteiger partial charge >= 0.3 is 24.8 Å². The molecule has 0 atom stereocenters. The van der Waals surface area contributed by atoms with E-state index in [0.29, 0.717) is 35.8 Å². The predicted octanol–water partition coefficient (Wildman–Crippen LogP) is 3.40. The number of halogens is 1. The van der Waals surface area contributed by atoms with Gasteiger partial charge in [-0.1, -0.05) is 37.6 Å². The van der Waals surface area contributed by atoms with Crippen LogP contribution in [0.4, 0.5) is 0 Å². The molecule has 0 unspecified atom stereocenters. The zero-order valence-electron chi connectivity index (χ0n) is 13.0. The minimum atomic E-state index is -0.953. The van der Waals surface area contributed by atoms with Crippen LogP contribution in [0.1, 0.15) is 29.8 Å². The summed E-state index contributed by atoms with van der Waals surface area (Å²) in [5.74, 6) is 0.343. The Morgan fingerprint density at radius 1 is 1.25 bits per heavy atom. The molecule has 1 heterocycles. The third kappa shape index (κ3) is 6.08. The van der Waals surface area contributed by atoms with Gasteiger partial charge in [-0.25, -0.2) is 9.78 Å². The van der Waals surface area contributed by atoms with Crippen molar-refractivity contribution in [1.29, 1.82) is 0 Å². The van der Waals surface area contributed by atoms with Crippen LogP contribution >= 0.6 is 11.6 Å². The number of rotatable bonds is 7. The molecule has 0 bridgehead atoms. The molecule has 124 valence electrons. The molecule has 5 nitrogen and oxygen atoms in total. The van der Waals surface area contributed by atoms with E-state index in [1.165, 1.54) is 12.1 Å². The molecule has 0 aliphatic rings. The first-order valence-corrected chi connectivity index (χ1v) is 7.57. The van der Waals surface area contributed by atoms with Crippen molar-refractivity contribution in [1.82, 2.24) is 4.98 Å². The van der Waals surface area contributed by atoms with E-state index in [4.69, 9.17) is 26.2 Å². The molecule has 0 amide bonds. The Hall–Kier alpha value is -1.67. The Kier molecular flexibility index (Phi) is 8.13. The SMILES string of the molecule is CC(C)COc1ncc(OCc2ccc(C(=O)O)cc2)cc1Cl.[LiH]. The van der Waals surface area contributed by atoms with Gasteiger partial charge in [0, 0.05) is 6.07 Å². The standard InChI is InChI=1S/C17H18ClNO4.Li.H/c1-11(2)9-23-16-15(18)7-14(8-19-16)22-10-12-3-5-13(6-4-12)17(20)21;;/h3-8,11H,9-10H2,1-2H3,(H,20,21);;. The molecule has 1 aromatic heterocycles. The van der Waals surface area contributed by atoms with E-state index in [1.54, 1.807) is 24.4 Å². The second-order valence-electron chi connectivity index (χ2n) is 5.45. The van der Waals surface area contributed by atoms with Crippen molar-refractivity contribution >= 4 is 36.4 Å². The molecule has 0 radical (unpaired) electrons. The van der Waals surface area contributed by atoms with Crippen LogP contribution in [0.2, 0.25) is 5.02 Å². The number of hydrogen-bond donors (Lipinski definition) is 1. The first-order valence-electron chi connectivity index (χ1n) is 7.19. The first kappa shape index (κ1) is 20.4. The van der Waals surface area contributed by atoms with E-state index in [2.05, 4.69) is 4.98 Å². The second-order valence-corrected chi connectivity index (χ2v) is 5.86. The summed E-state index contributed by atoms with van der Waals surface area (Å²) in [6.45, 7) is 4.93. The summed E-state index contributed by atoms with van der Waals surface area (Å²) < 4.78 is 11.1. The number of nitrogens with zero attached hydrogens (tertiary/aromatic N) is 1. The third-order valence-electron chi connectivity index (χ3n) is 2.94. The molecular weight excluding hydrogens is 325 g/mol. The molecule has 0 aliphatic carbocycles. The fourth-order valence-corrected chi connectivity index (χ4v) is 1.96. The van der Waals surface area contributed by atoms with Gasteiger partial charge in [-0.15, -0.1) is 0 Å². The Labute approximate surface area is 158 Å². The van der Waals surface area contributed by atoms with Crippen LogP contribution < -0.4 is 9.47 Å². The summed E-state index contributed by atoms with van der Waals surface area (Å²) >= 11 is 6.12. The molecule has 24 heavy (non-hydrogen) atoms. The third-order valence-corrected chi connectivity index (χ3v) is 3.21. The van der Waals surface area contributed by atoms with Gasteiger partial charge in [0.15, 0.2) is 0 Å². The van der Waals surface area contributed by atoms with Crippen LogP contribution in [-0.4, -0.2) is 41.5 Å². The Bertz CT molecular complexity index is 677. The van der Waals surface area contributed by atoms with Gasteiger partial charge in [0.25, 0.3) is 0 Å². The molecule has 2 aromatic rings. The quantitative estimate of drug-likeness (QED) is 0.780.